The molecule has 0 bridgehead atoms. The molecule has 1 aliphatic heterocycles. The lowest BCUT2D eigenvalue weighted by atomic mass is 9.94. The third-order valence-electron chi connectivity index (χ3n) is 6.98. The van der Waals surface area contributed by atoms with Crippen LogP contribution in [0.1, 0.15) is 58.4 Å². The lowest BCUT2D eigenvalue weighted by molar-refractivity contribution is -0.134. The highest BCUT2D eigenvalue weighted by Crippen LogP contribution is 2.16. The topological polar surface area (TPSA) is 111 Å². The number of ketones is 1. The molecule has 39 heavy (non-hydrogen) atoms. The van der Waals surface area contributed by atoms with Gasteiger partial charge in [0.2, 0.25) is 17.7 Å². The predicted molar refractivity (Wildman–Crippen MR) is 154 cm³/mol. The van der Waals surface area contributed by atoms with E-state index in [-0.39, 0.29) is 29.9 Å². The Morgan fingerprint density at radius 3 is 2.23 bits per heavy atom. The van der Waals surface area contributed by atoms with E-state index in [1.54, 1.807) is 4.81 Å². The summed E-state index contributed by atoms with van der Waals surface area (Å²) in [6, 6.07) is 7.14. The summed E-state index contributed by atoms with van der Waals surface area (Å²) in [7, 11) is 9.83. The zero-order chi connectivity index (χ0) is 28.9. The number of hydrogen-bond acceptors (Lipinski definition) is 6. The molecule has 0 unspecified atom stereocenters. The number of piperidine rings is 1. The van der Waals surface area contributed by atoms with Gasteiger partial charge in [-0.25, -0.2) is 0 Å². The molecule has 1 saturated heterocycles. The number of nitrogens with zero attached hydrogens (tertiary/aromatic N) is 2. The van der Waals surface area contributed by atoms with Crippen LogP contribution < -0.4 is 16.0 Å². The molecular weight excluding hydrogens is 493 g/mol. The Morgan fingerprint density at radius 1 is 1.00 bits per heavy atom. The molecule has 9 nitrogen and oxygen atoms in total. The molecule has 10 heteroatoms. The number of carbonyl (C=O) groups excluding carboxylic acids is 4. The fourth-order valence-electron chi connectivity index (χ4n) is 4.79. The van der Waals surface area contributed by atoms with Crippen LogP contribution in [0, 0.1) is 11.8 Å². The first-order valence-corrected chi connectivity index (χ1v) is 14.1. The van der Waals surface area contributed by atoms with E-state index in [0.717, 1.165) is 25.1 Å². The van der Waals surface area contributed by atoms with Gasteiger partial charge in [-0.05, 0) is 84.2 Å². The average Bonchev–Trinajstić information content (AvgIpc) is 2.87. The quantitative estimate of drug-likeness (QED) is 0.291. The first-order chi connectivity index (χ1) is 18.5. The van der Waals surface area contributed by atoms with Gasteiger partial charge in [0.15, 0.2) is 13.8 Å². The van der Waals surface area contributed by atoms with Gasteiger partial charge in [0.25, 0.3) is 0 Å². The number of rotatable bonds is 15. The summed E-state index contributed by atoms with van der Waals surface area (Å²) in [5.74, 6) is -1.24. The summed E-state index contributed by atoms with van der Waals surface area (Å²) >= 11 is 0. The minimum atomic E-state index is -0.864. The molecule has 0 aromatic heterocycles. The van der Waals surface area contributed by atoms with Crippen LogP contribution in [0.15, 0.2) is 30.3 Å². The predicted octanol–water partition coefficient (Wildman–Crippen LogP) is 1.46. The lowest BCUT2D eigenvalue weighted by Gasteiger charge is -2.31. The molecule has 1 heterocycles. The third kappa shape index (κ3) is 11.9. The second kappa shape index (κ2) is 16.4. The van der Waals surface area contributed by atoms with Crippen molar-refractivity contribution in [3.05, 3.63) is 35.9 Å². The van der Waals surface area contributed by atoms with Gasteiger partial charge in [-0.2, -0.15) is 0 Å². The van der Waals surface area contributed by atoms with E-state index < -0.39 is 29.9 Å². The number of nitrogens with one attached hydrogen (secondary N) is 3. The number of Topliss-reactive ketones (excluding diaryl/α,β-unsaturated/α-hetero) is 1. The van der Waals surface area contributed by atoms with E-state index >= 15 is 0 Å². The molecule has 1 aromatic rings. The van der Waals surface area contributed by atoms with Crippen molar-refractivity contribution in [2.24, 2.45) is 11.8 Å². The minimum Gasteiger partial charge on any atom is -0.353 e. The van der Waals surface area contributed by atoms with Crippen molar-refractivity contribution < 1.29 is 19.2 Å². The Kier molecular flexibility index (Phi) is 13.7. The lowest BCUT2D eigenvalue weighted by Crippen LogP contribution is -2.57. The van der Waals surface area contributed by atoms with Gasteiger partial charge in [0.05, 0.1) is 6.04 Å². The van der Waals surface area contributed by atoms with Crippen LogP contribution >= 0.6 is 0 Å². The van der Waals surface area contributed by atoms with Crippen molar-refractivity contribution in [1.82, 2.24) is 25.7 Å². The maximum Gasteiger partial charge on any atom is 0.243 e. The standard InChI is InChI=1S/C29H46BN5O4/c1-20(2)17-25(21(3)36)32-28(38)24(14-10-15-34(4)5)31-29(39)26(18-22-11-7-6-8-12-22)33-27(37)23-13-9-16-35(30)19-23/h6-8,11-12,20,23-26H,9-10,13-19H2,1-5H3,(H,31,39)(H,32,38)(H,33,37)/t23-,24+,25-,26-/m0/s1. The second-order valence-corrected chi connectivity index (χ2v) is 11.4. The highest BCUT2D eigenvalue weighted by Gasteiger charge is 2.31. The van der Waals surface area contributed by atoms with Crippen LogP contribution in [-0.4, -0.2) is 93.1 Å². The van der Waals surface area contributed by atoms with Gasteiger partial charge in [0, 0.05) is 12.3 Å². The van der Waals surface area contributed by atoms with Crippen LogP contribution in [0.4, 0.5) is 0 Å². The largest absolute Gasteiger partial charge is 0.353 e. The Labute approximate surface area is 235 Å². The van der Waals surface area contributed by atoms with E-state index in [9.17, 15) is 19.2 Å². The van der Waals surface area contributed by atoms with Crippen molar-refractivity contribution >= 4 is 31.5 Å². The highest BCUT2D eigenvalue weighted by atomic mass is 16.2. The summed E-state index contributed by atoms with van der Waals surface area (Å²) in [4.78, 5) is 55.9. The Balaban J connectivity index is 2.21. The zero-order valence-corrected chi connectivity index (χ0v) is 24.2. The molecule has 1 aliphatic rings. The van der Waals surface area contributed by atoms with Crippen molar-refractivity contribution in [2.75, 3.05) is 33.7 Å². The van der Waals surface area contributed by atoms with E-state index in [4.69, 9.17) is 7.98 Å². The monoisotopic (exact) mass is 539 g/mol. The number of hydrogen-bond donors (Lipinski definition) is 3. The molecule has 3 N–H and O–H groups in total. The number of carbonyl (C=O) groups is 4. The molecule has 3 amide bonds. The number of benzene rings is 1. The molecule has 1 fully saturated rings. The molecule has 0 saturated carbocycles. The Hall–Kier alpha value is -2.72. The fourth-order valence-corrected chi connectivity index (χ4v) is 4.79. The molecule has 2 rings (SSSR count). The highest BCUT2D eigenvalue weighted by molar-refractivity contribution is 6.04. The van der Waals surface area contributed by atoms with E-state index in [1.165, 1.54) is 6.92 Å². The molecule has 0 spiro atoms. The van der Waals surface area contributed by atoms with E-state index in [0.29, 0.717) is 32.2 Å². The van der Waals surface area contributed by atoms with Crippen LogP contribution in [-0.2, 0) is 25.6 Å². The van der Waals surface area contributed by atoms with E-state index in [1.807, 2.05) is 63.2 Å². The fraction of sp³-hybridized carbons (Fsp3) is 0.655. The molecule has 2 radical (unpaired) electrons. The summed E-state index contributed by atoms with van der Waals surface area (Å²) < 4.78 is 0. The zero-order valence-electron chi connectivity index (χ0n) is 24.2. The van der Waals surface area contributed by atoms with Crippen molar-refractivity contribution in [3.8, 4) is 0 Å². The van der Waals surface area contributed by atoms with Gasteiger partial charge >= 0.3 is 0 Å². The summed E-state index contributed by atoms with van der Waals surface area (Å²) in [5, 5.41) is 8.68. The SMILES string of the molecule is [B]N1CCC[C@H](C(=O)N[C@@H](Cc2ccccc2)C(=O)N[C@H](CCCN(C)C)C(=O)N[C@@H](CC(C)C)C(C)=O)C1. The molecule has 214 valence electrons. The average molecular weight is 540 g/mol. The second-order valence-electron chi connectivity index (χ2n) is 11.4. The first kappa shape index (κ1) is 32.5. The van der Waals surface area contributed by atoms with Crippen LogP contribution in [0.2, 0.25) is 0 Å². The number of amides is 3. The van der Waals surface area contributed by atoms with Gasteiger partial charge in [-0.15, -0.1) is 0 Å². The van der Waals surface area contributed by atoms with Gasteiger partial charge in [0.1, 0.15) is 12.1 Å². The molecule has 0 aliphatic carbocycles. The van der Waals surface area contributed by atoms with Crippen molar-refractivity contribution in [3.63, 3.8) is 0 Å². The maximum absolute atomic E-state index is 13.6. The van der Waals surface area contributed by atoms with Crippen LogP contribution in [0.5, 0.6) is 0 Å². The molecular formula is C29H46BN5O4. The van der Waals surface area contributed by atoms with Gasteiger partial charge in [-0.3, -0.25) is 19.2 Å². The minimum absolute atomic E-state index is 0.119. The van der Waals surface area contributed by atoms with E-state index in [2.05, 4.69) is 16.0 Å². The summed E-state index contributed by atoms with van der Waals surface area (Å²) in [5.41, 5.74) is 0.893. The van der Waals surface area contributed by atoms with Crippen LogP contribution in [0.25, 0.3) is 0 Å². The normalized spacial score (nSPS) is 18.3. The molecule has 1 aromatic carbocycles. The van der Waals surface area contributed by atoms with Gasteiger partial charge in [-0.1, -0.05) is 44.2 Å². The van der Waals surface area contributed by atoms with Crippen molar-refractivity contribution in [2.45, 2.75) is 77.4 Å². The summed E-state index contributed by atoms with van der Waals surface area (Å²) in [6.45, 7) is 7.36. The Bertz CT molecular complexity index is 943. The van der Waals surface area contributed by atoms with Crippen molar-refractivity contribution in [1.29, 1.82) is 0 Å². The summed E-state index contributed by atoms with van der Waals surface area (Å²) in [6.07, 6.45) is 3.39. The van der Waals surface area contributed by atoms with Crippen LogP contribution in [0.3, 0.4) is 0 Å². The molecule has 4 atom stereocenters. The van der Waals surface area contributed by atoms with Gasteiger partial charge < -0.3 is 25.7 Å². The Morgan fingerprint density at radius 2 is 1.64 bits per heavy atom. The third-order valence-corrected chi connectivity index (χ3v) is 6.98. The maximum atomic E-state index is 13.6. The smallest absolute Gasteiger partial charge is 0.243 e. The first-order valence-electron chi connectivity index (χ1n) is 14.1.